The maximum absolute atomic E-state index is 13.8. The molecule has 19 heavy (non-hydrogen) atoms. The molecule has 0 fully saturated rings. The van der Waals surface area contributed by atoms with Gasteiger partial charge in [-0.15, -0.1) is 0 Å². The van der Waals surface area contributed by atoms with E-state index < -0.39 is 33.4 Å². The lowest BCUT2D eigenvalue weighted by atomic mass is 10.1. The molecule has 1 rings (SSSR count). The monoisotopic (exact) mass is 355 g/mol. The van der Waals surface area contributed by atoms with Crippen LogP contribution in [0.15, 0.2) is 27.1 Å². The lowest BCUT2D eigenvalue weighted by Gasteiger charge is -2.19. The SMILES string of the molecule is CC(C)(C)[S+]([O-])/N=C\C(F)(F)c1cc(Br)ccc1F. The fraction of sp³-hybridized carbons (Fsp3) is 0.417. The van der Waals surface area contributed by atoms with Crippen molar-refractivity contribution >= 4 is 33.5 Å². The van der Waals surface area contributed by atoms with Gasteiger partial charge in [-0.1, -0.05) is 20.3 Å². The first-order valence-corrected chi connectivity index (χ1v) is 7.24. The van der Waals surface area contributed by atoms with Gasteiger partial charge in [-0.05, 0) is 39.0 Å². The van der Waals surface area contributed by atoms with Crippen LogP contribution in [0.5, 0.6) is 0 Å². The Bertz CT molecular complexity index is 488. The first kappa shape index (κ1) is 16.5. The van der Waals surface area contributed by atoms with Gasteiger partial charge in [-0.3, -0.25) is 0 Å². The summed E-state index contributed by atoms with van der Waals surface area (Å²) in [7, 11) is 0. The summed E-state index contributed by atoms with van der Waals surface area (Å²) in [5.74, 6) is -4.66. The second-order valence-electron chi connectivity index (χ2n) is 4.84. The first-order valence-electron chi connectivity index (χ1n) is 5.34. The van der Waals surface area contributed by atoms with Crippen molar-refractivity contribution < 1.29 is 17.7 Å². The second kappa shape index (κ2) is 5.85. The second-order valence-corrected chi connectivity index (χ2v) is 7.69. The van der Waals surface area contributed by atoms with Gasteiger partial charge in [-0.2, -0.15) is 8.78 Å². The van der Waals surface area contributed by atoms with Crippen molar-refractivity contribution in [2.24, 2.45) is 4.40 Å². The summed E-state index contributed by atoms with van der Waals surface area (Å²) in [6.45, 7) is 4.83. The molecule has 1 aromatic rings. The zero-order chi connectivity index (χ0) is 14.8. The van der Waals surface area contributed by atoms with E-state index in [0.717, 1.165) is 12.1 Å². The minimum atomic E-state index is -3.62. The molecule has 0 saturated heterocycles. The molecule has 0 aromatic heterocycles. The van der Waals surface area contributed by atoms with Gasteiger partial charge in [0.15, 0.2) is 0 Å². The highest BCUT2D eigenvalue weighted by molar-refractivity contribution is 9.10. The van der Waals surface area contributed by atoms with E-state index >= 15 is 0 Å². The third-order valence-corrected chi connectivity index (χ3v) is 3.96. The molecule has 0 amide bonds. The highest BCUT2D eigenvalue weighted by Crippen LogP contribution is 2.31. The standard InChI is InChI=1S/C12H13BrF3NOS/c1-11(2,3)19(18)17-7-12(15,16)9-6-8(13)4-5-10(9)14/h4-7H,1-3H3/b17-7-. The Morgan fingerprint density at radius 1 is 1.32 bits per heavy atom. The summed E-state index contributed by atoms with van der Waals surface area (Å²) in [5, 5.41) is 0. The van der Waals surface area contributed by atoms with Crippen molar-refractivity contribution in [3.63, 3.8) is 0 Å². The number of hydrogen-bond acceptors (Lipinski definition) is 2. The Morgan fingerprint density at radius 2 is 1.89 bits per heavy atom. The van der Waals surface area contributed by atoms with Gasteiger partial charge in [0.1, 0.15) is 28.1 Å². The molecule has 2 nitrogen and oxygen atoms in total. The third kappa shape index (κ3) is 4.50. The lowest BCUT2D eigenvalue weighted by molar-refractivity contribution is 0.0778. The van der Waals surface area contributed by atoms with E-state index in [1.54, 1.807) is 20.8 Å². The molecule has 0 N–H and O–H groups in total. The van der Waals surface area contributed by atoms with Gasteiger partial charge < -0.3 is 4.55 Å². The molecule has 0 aliphatic carbocycles. The predicted octanol–water partition coefficient (Wildman–Crippen LogP) is 4.21. The molecule has 0 spiro atoms. The van der Waals surface area contributed by atoms with Crippen LogP contribution in [0, 0.1) is 5.82 Å². The van der Waals surface area contributed by atoms with Crippen LogP contribution in [0.25, 0.3) is 0 Å². The molecular weight excluding hydrogens is 343 g/mol. The van der Waals surface area contributed by atoms with Crippen molar-refractivity contribution in [3.05, 3.63) is 34.1 Å². The Morgan fingerprint density at radius 3 is 2.42 bits per heavy atom. The van der Waals surface area contributed by atoms with Crippen LogP contribution in [0.4, 0.5) is 13.2 Å². The van der Waals surface area contributed by atoms with Gasteiger partial charge in [0.2, 0.25) is 0 Å². The summed E-state index contributed by atoms with van der Waals surface area (Å²) in [6, 6.07) is 3.22. The fourth-order valence-corrected chi connectivity index (χ4v) is 2.00. The largest absolute Gasteiger partial charge is 0.591 e. The molecule has 1 aromatic carbocycles. The van der Waals surface area contributed by atoms with E-state index in [9.17, 15) is 17.7 Å². The summed E-state index contributed by atoms with van der Waals surface area (Å²) < 4.78 is 55.5. The topological polar surface area (TPSA) is 35.4 Å². The number of halogens is 4. The number of alkyl halides is 2. The zero-order valence-corrected chi connectivity index (χ0v) is 13.0. The molecule has 1 unspecified atom stereocenters. The number of rotatable bonds is 3. The van der Waals surface area contributed by atoms with Crippen LogP contribution in [0.2, 0.25) is 0 Å². The maximum atomic E-state index is 13.8. The molecule has 106 valence electrons. The molecule has 0 heterocycles. The van der Waals surface area contributed by atoms with Gasteiger partial charge in [0.05, 0.1) is 5.56 Å². The van der Waals surface area contributed by atoms with Gasteiger partial charge in [0.25, 0.3) is 0 Å². The zero-order valence-electron chi connectivity index (χ0n) is 10.6. The summed E-state index contributed by atoms with van der Waals surface area (Å²) >= 11 is 1.18. The van der Waals surface area contributed by atoms with Crippen LogP contribution >= 0.6 is 15.9 Å². The quantitative estimate of drug-likeness (QED) is 0.590. The third-order valence-electron chi connectivity index (χ3n) is 2.12. The predicted molar refractivity (Wildman–Crippen MR) is 74.4 cm³/mol. The molecule has 1 atom stereocenters. The Kier molecular flexibility index (Phi) is 5.08. The highest BCUT2D eigenvalue weighted by atomic mass is 79.9. The van der Waals surface area contributed by atoms with E-state index in [0.29, 0.717) is 4.47 Å². The van der Waals surface area contributed by atoms with Crippen LogP contribution in [-0.4, -0.2) is 15.5 Å². The van der Waals surface area contributed by atoms with Gasteiger partial charge in [-0.25, -0.2) is 4.39 Å². The minimum Gasteiger partial charge on any atom is -0.591 e. The molecule has 0 aliphatic heterocycles. The van der Waals surface area contributed by atoms with Crippen molar-refractivity contribution in [2.75, 3.05) is 0 Å². The molecule has 0 bridgehead atoms. The van der Waals surface area contributed by atoms with E-state index in [2.05, 4.69) is 20.3 Å². The smallest absolute Gasteiger partial charge is 0.315 e. The molecule has 0 saturated carbocycles. The van der Waals surface area contributed by atoms with E-state index in [1.165, 1.54) is 6.07 Å². The van der Waals surface area contributed by atoms with Crippen LogP contribution in [0.1, 0.15) is 26.3 Å². The van der Waals surface area contributed by atoms with Crippen LogP contribution < -0.4 is 0 Å². The first-order chi connectivity index (χ1) is 8.54. The summed E-state index contributed by atoms with van der Waals surface area (Å²) in [4.78, 5) is 0. The normalized spacial score (nSPS) is 14.9. The number of benzene rings is 1. The molecule has 7 heteroatoms. The van der Waals surface area contributed by atoms with Crippen molar-refractivity contribution in [2.45, 2.75) is 31.4 Å². The van der Waals surface area contributed by atoms with Crippen LogP contribution in [0.3, 0.4) is 0 Å². The van der Waals surface area contributed by atoms with Crippen LogP contribution in [-0.2, 0) is 17.3 Å². The number of hydrogen-bond donors (Lipinski definition) is 0. The van der Waals surface area contributed by atoms with Gasteiger partial charge >= 0.3 is 5.92 Å². The summed E-state index contributed by atoms with van der Waals surface area (Å²) in [5.41, 5.74) is -0.809. The molecular formula is C12H13BrF3NOS. The lowest BCUT2D eigenvalue weighted by Crippen LogP contribution is -2.27. The van der Waals surface area contributed by atoms with Crippen molar-refractivity contribution in [1.29, 1.82) is 0 Å². The molecule has 0 aliphatic rings. The minimum absolute atomic E-state index is 0.235. The van der Waals surface area contributed by atoms with Crippen molar-refractivity contribution in [1.82, 2.24) is 0 Å². The maximum Gasteiger partial charge on any atom is 0.315 e. The molecule has 0 radical (unpaired) electrons. The van der Waals surface area contributed by atoms with Crippen molar-refractivity contribution in [3.8, 4) is 0 Å². The Hall–Kier alpha value is -0.530. The highest BCUT2D eigenvalue weighted by Gasteiger charge is 2.35. The average molecular weight is 356 g/mol. The van der Waals surface area contributed by atoms with E-state index in [-0.39, 0.29) is 6.21 Å². The average Bonchev–Trinajstić information content (AvgIpc) is 2.28. The van der Waals surface area contributed by atoms with E-state index in [1.807, 2.05) is 0 Å². The number of nitrogens with zero attached hydrogens (tertiary/aromatic N) is 1. The van der Waals surface area contributed by atoms with Gasteiger partial charge in [0, 0.05) is 4.47 Å². The Balaban J connectivity index is 3.04. The van der Waals surface area contributed by atoms with E-state index in [4.69, 9.17) is 0 Å². The Labute approximate surface area is 121 Å². The summed E-state index contributed by atoms with van der Waals surface area (Å²) in [6.07, 6.45) is 0.235. The fourth-order valence-electron chi connectivity index (χ4n) is 1.09.